The summed E-state index contributed by atoms with van der Waals surface area (Å²) >= 11 is 0. The number of hydrogen-bond acceptors (Lipinski definition) is 3. The predicted molar refractivity (Wildman–Crippen MR) is 89.2 cm³/mol. The van der Waals surface area contributed by atoms with Crippen LogP contribution in [0.3, 0.4) is 0 Å². The Labute approximate surface area is 135 Å². The van der Waals surface area contributed by atoms with Crippen molar-refractivity contribution in [2.24, 2.45) is 0 Å². The summed E-state index contributed by atoms with van der Waals surface area (Å²) in [5, 5.41) is 2.52. The van der Waals surface area contributed by atoms with Crippen molar-refractivity contribution < 1.29 is 14.3 Å². The van der Waals surface area contributed by atoms with Gasteiger partial charge in [0.15, 0.2) is 0 Å². The second-order valence-corrected chi connectivity index (χ2v) is 5.22. The Morgan fingerprint density at radius 1 is 1.09 bits per heavy atom. The first-order valence-corrected chi connectivity index (χ1v) is 7.31. The highest BCUT2D eigenvalue weighted by Crippen LogP contribution is 2.09. The van der Waals surface area contributed by atoms with Gasteiger partial charge in [-0.05, 0) is 24.1 Å². The number of carbonyl (C=O) groups is 2. The van der Waals surface area contributed by atoms with E-state index in [0.29, 0.717) is 0 Å². The van der Waals surface area contributed by atoms with Gasteiger partial charge in [0.05, 0.1) is 0 Å². The summed E-state index contributed by atoms with van der Waals surface area (Å²) in [5.41, 5.74) is 2.93. The largest absolute Gasteiger partial charge is 0.456 e. The minimum atomic E-state index is -0.564. The smallest absolute Gasteiger partial charge is 0.355 e. The maximum atomic E-state index is 12.2. The van der Waals surface area contributed by atoms with Gasteiger partial charge in [-0.3, -0.25) is 4.79 Å². The first kappa shape index (κ1) is 16.5. The molecule has 2 aromatic carbocycles. The van der Waals surface area contributed by atoms with Crippen LogP contribution in [-0.2, 0) is 20.9 Å². The number of hydrogen-bond donors (Lipinski definition) is 1. The molecule has 0 aliphatic heterocycles. The molecule has 1 amide bonds. The number of esters is 1. The maximum Gasteiger partial charge on any atom is 0.355 e. The summed E-state index contributed by atoms with van der Waals surface area (Å²) in [6, 6.07) is 17.0. The molecule has 2 rings (SSSR count). The monoisotopic (exact) mass is 309 g/mol. The van der Waals surface area contributed by atoms with Crippen molar-refractivity contribution in [3.8, 4) is 0 Å². The van der Waals surface area contributed by atoms with E-state index in [-0.39, 0.29) is 18.2 Å². The van der Waals surface area contributed by atoms with Crippen LogP contribution in [0.5, 0.6) is 0 Å². The molecule has 0 spiro atoms. The number of ether oxygens (including phenoxy) is 1. The molecule has 118 valence electrons. The summed E-state index contributed by atoms with van der Waals surface area (Å²) in [6.07, 6.45) is 1.60. The van der Waals surface area contributed by atoms with E-state index < -0.39 is 5.97 Å². The molecular weight excluding hydrogens is 290 g/mol. The lowest BCUT2D eigenvalue weighted by molar-refractivity contribution is -0.141. The second-order valence-electron chi connectivity index (χ2n) is 5.22. The van der Waals surface area contributed by atoms with Gasteiger partial charge in [0, 0.05) is 6.92 Å². The van der Waals surface area contributed by atoms with Gasteiger partial charge in [-0.1, -0.05) is 60.2 Å². The molecule has 0 radical (unpaired) electrons. The first-order valence-electron chi connectivity index (χ1n) is 7.31. The molecule has 0 heterocycles. The number of aryl methyl sites for hydroxylation is 1. The molecule has 4 heteroatoms. The molecule has 0 bridgehead atoms. The zero-order valence-corrected chi connectivity index (χ0v) is 13.2. The van der Waals surface area contributed by atoms with Gasteiger partial charge in [-0.15, -0.1) is 0 Å². The Bertz CT molecular complexity index is 720. The highest BCUT2D eigenvalue weighted by molar-refractivity contribution is 5.97. The van der Waals surface area contributed by atoms with Crippen molar-refractivity contribution in [1.29, 1.82) is 0 Å². The van der Waals surface area contributed by atoms with Crippen LogP contribution in [0.1, 0.15) is 23.6 Å². The fourth-order valence-electron chi connectivity index (χ4n) is 2.08. The normalized spacial score (nSPS) is 11.0. The van der Waals surface area contributed by atoms with E-state index in [4.69, 9.17) is 4.74 Å². The zero-order chi connectivity index (χ0) is 16.7. The van der Waals surface area contributed by atoms with Crippen molar-refractivity contribution in [3.63, 3.8) is 0 Å². The molecule has 1 N–H and O–H groups in total. The SMILES string of the molecule is CC(=O)N/C(=C\c1ccccc1)C(=O)OCc1cccc(C)c1. The predicted octanol–water partition coefficient (Wildman–Crippen LogP) is 3.22. The number of nitrogens with one attached hydrogen (secondary N) is 1. The topological polar surface area (TPSA) is 55.4 Å². The van der Waals surface area contributed by atoms with Crippen molar-refractivity contribution in [3.05, 3.63) is 77.0 Å². The second kappa shape index (κ2) is 7.94. The number of rotatable bonds is 5. The van der Waals surface area contributed by atoms with E-state index in [2.05, 4.69) is 5.32 Å². The van der Waals surface area contributed by atoms with Crippen LogP contribution >= 0.6 is 0 Å². The third-order valence-electron chi connectivity index (χ3n) is 3.09. The van der Waals surface area contributed by atoms with Gasteiger partial charge in [0.25, 0.3) is 0 Å². The molecule has 0 aliphatic carbocycles. The molecule has 0 unspecified atom stereocenters. The third kappa shape index (κ3) is 5.43. The van der Waals surface area contributed by atoms with Crippen LogP contribution in [0.4, 0.5) is 0 Å². The molecule has 4 nitrogen and oxygen atoms in total. The fourth-order valence-corrected chi connectivity index (χ4v) is 2.08. The van der Waals surface area contributed by atoms with Gasteiger partial charge in [-0.25, -0.2) is 4.79 Å². The highest BCUT2D eigenvalue weighted by atomic mass is 16.5. The van der Waals surface area contributed by atoms with Gasteiger partial charge >= 0.3 is 5.97 Å². The van der Waals surface area contributed by atoms with E-state index in [1.165, 1.54) is 6.92 Å². The van der Waals surface area contributed by atoms with Crippen molar-refractivity contribution in [1.82, 2.24) is 5.32 Å². The van der Waals surface area contributed by atoms with Crippen molar-refractivity contribution in [2.75, 3.05) is 0 Å². The van der Waals surface area contributed by atoms with Gasteiger partial charge in [-0.2, -0.15) is 0 Å². The van der Waals surface area contributed by atoms with Crippen molar-refractivity contribution >= 4 is 18.0 Å². The molecule has 2 aromatic rings. The maximum absolute atomic E-state index is 12.2. The van der Waals surface area contributed by atoms with Crippen LogP contribution in [0.25, 0.3) is 6.08 Å². The Morgan fingerprint density at radius 3 is 2.48 bits per heavy atom. The fraction of sp³-hybridized carbons (Fsp3) is 0.158. The molecule has 0 aromatic heterocycles. The Hall–Kier alpha value is -2.88. The zero-order valence-electron chi connectivity index (χ0n) is 13.2. The molecule has 0 aliphatic rings. The average molecular weight is 309 g/mol. The number of carbonyl (C=O) groups excluding carboxylic acids is 2. The van der Waals surface area contributed by atoms with Gasteiger partial charge < -0.3 is 10.1 Å². The minimum absolute atomic E-state index is 0.122. The summed E-state index contributed by atoms with van der Waals surface area (Å²) in [7, 11) is 0. The molecule has 0 fully saturated rings. The van der Waals surface area contributed by atoms with E-state index in [9.17, 15) is 9.59 Å². The van der Waals surface area contributed by atoms with Gasteiger partial charge in [0.2, 0.25) is 5.91 Å². The Balaban J connectivity index is 2.10. The average Bonchev–Trinajstić information content (AvgIpc) is 2.52. The number of amides is 1. The Kier molecular flexibility index (Phi) is 5.69. The van der Waals surface area contributed by atoms with Crippen LogP contribution < -0.4 is 5.32 Å². The Morgan fingerprint density at radius 2 is 1.83 bits per heavy atom. The van der Waals surface area contributed by atoms with Crippen molar-refractivity contribution in [2.45, 2.75) is 20.5 Å². The molecule has 0 saturated carbocycles. The van der Waals surface area contributed by atoms with Crippen LogP contribution in [-0.4, -0.2) is 11.9 Å². The van der Waals surface area contributed by atoms with E-state index in [1.807, 2.05) is 61.5 Å². The quantitative estimate of drug-likeness (QED) is 0.681. The molecular formula is C19H19NO3. The van der Waals surface area contributed by atoms with Crippen LogP contribution in [0.2, 0.25) is 0 Å². The lowest BCUT2D eigenvalue weighted by Gasteiger charge is -2.09. The van der Waals surface area contributed by atoms with Crippen LogP contribution in [0, 0.1) is 6.92 Å². The summed E-state index contributed by atoms with van der Waals surface area (Å²) < 4.78 is 5.30. The van der Waals surface area contributed by atoms with E-state index in [0.717, 1.165) is 16.7 Å². The summed E-state index contributed by atoms with van der Waals surface area (Å²) in [6.45, 7) is 3.49. The molecule has 0 atom stereocenters. The van der Waals surface area contributed by atoms with E-state index in [1.54, 1.807) is 6.08 Å². The lowest BCUT2D eigenvalue weighted by atomic mass is 10.1. The molecule has 0 saturated heterocycles. The minimum Gasteiger partial charge on any atom is -0.456 e. The standard InChI is InChI=1S/C19H19NO3/c1-14-7-6-10-17(11-14)13-23-19(22)18(20-15(2)21)12-16-8-4-3-5-9-16/h3-12H,13H2,1-2H3,(H,20,21)/b18-12-. The third-order valence-corrected chi connectivity index (χ3v) is 3.09. The summed E-state index contributed by atoms with van der Waals surface area (Å²) in [5.74, 6) is -0.884. The summed E-state index contributed by atoms with van der Waals surface area (Å²) in [4.78, 5) is 23.5. The number of benzene rings is 2. The first-order chi connectivity index (χ1) is 11.0. The molecule has 23 heavy (non-hydrogen) atoms. The van der Waals surface area contributed by atoms with Crippen LogP contribution in [0.15, 0.2) is 60.3 Å². The highest BCUT2D eigenvalue weighted by Gasteiger charge is 2.13. The lowest BCUT2D eigenvalue weighted by Crippen LogP contribution is -2.26. The van der Waals surface area contributed by atoms with Gasteiger partial charge in [0.1, 0.15) is 12.3 Å². The van der Waals surface area contributed by atoms with E-state index >= 15 is 0 Å².